The Hall–Kier alpha value is -3.07. The predicted molar refractivity (Wildman–Crippen MR) is 130 cm³/mol. The summed E-state index contributed by atoms with van der Waals surface area (Å²) in [6.07, 6.45) is 2.04. The van der Waals surface area contributed by atoms with Gasteiger partial charge in [0, 0.05) is 12.1 Å². The minimum atomic E-state index is 0.168. The van der Waals surface area contributed by atoms with Crippen LogP contribution in [0.15, 0.2) is 72.8 Å². The van der Waals surface area contributed by atoms with Gasteiger partial charge in [0.25, 0.3) is 0 Å². The molecule has 3 heteroatoms. The number of nitrogens with zero attached hydrogens (tertiary/aromatic N) is 2. The summed E-state index contributed by atoms with van der Waals surface area (Å²) in [7, 11) is 0. The molecule has 0 radical (unpaired) electrons. The number of rotatable bonds is 7. The maximum atomic E-state index is 5.98. The number of unbranched alkanes of at least 4 members (excludes halogenated alkanes) is 1. The lowest BCUT2D eigenvalue weighted by atomic mass is 9.87. The topological polar surface area (TPSA) is 27.1 Å². The van der Waals surface area contributed by atoms with E-state index < -0.39 is 0 Å². The zero-order valence-corrected chi connectivity index (χ0v) is 19.1. The Morgan fingerprint density at radius 2 is 1.55 bits per heavy atom. The van der Waals surface area contributed by atoms with Crippen molar-refractivity contribution in [2.24, 2.45) is 0 Å². The number of hydrogen-bond acceptors (Lipinski definition) is 2. The Labute approximate surface area is 185 Å². The monoisotopic (exact) mass is 412 g/mol. The van der Waals surface area contributed by atoms with Crippen molar-refractivity contribution in [1.29, 1.82) is 0 Å². The molecule has 0 saturated heterocycles. The third kappa shape index (κ3) is 4.99. The zero-order valence-electron chi connectivity index (χ0n) is 19.1. The molecule has 160 valence electrons. The number of ether oxygens (including phenoxy) is 1. The number of hydrogen-bond donors (Lipinski definition) is 0. The first-order chi connectivity index (χ1) is 14.9. The molecule has 0 aliphatic heterocycles. The van der Waals surface area contributed by atoms with Crippen LogP contribution in [0.5, 0.6) is 5.75 Å². The fourth-order valence-electron chi connectivity index (χ4n) is 3.84. The van der Waals surface area contributed by atoms with Crippen molar-refractivity contribution < 1.29 is 4.74 Å². The Bertz CT molecular complexity index is 1130. The van der Waals surface area contributed by atoms with Gasteiger partial charge in [0.05, 0.1) is 17.6 Å². The highest BCUT2D eigenvalue weighted by molar-refractivity contribution is 5.80. The van der Waals surface area contributed by atoms with E-state index in [2.05, 4.69) is 105 Å². The maximum absolute atomic E-state index is 5.98. The van der Waals surface area contributed by atoms with Crippen molar-refractivity contribution in [2.75, 3.05) is 6.61 Å². The molecular formula is C28H32N2O. The molecule has 0 fully saturated rings. The molecule has 0 saturated carbocycles. The molecule has 3 aromatic carbocycles. The molecular weight excluding hydrogens is 380 g/mol. The van der Waals surface area contributed by atoms with Crippen LogP contribution in [-0.4, -0.2) is 16.2 Å². The molecule has 1 aromatic heterocycles. The van der Waals surface area contributed by atoms with Crippen LogP contribution in [-0.2, 0) is 12.0 Å². The van der Waals surface area contributed by atoms with Crippen molar-refractivity contribution >= 4 is 11.0 Å². The fourth-order valence-corrected chi connectivity index (χ4v) is 3.84. The van der Waals surface area contributed by atoms with Crippen molar-refractivity contribution in [3.63, 3.8) is 0 Å². The van der Waals surface area contributed by atoms with Crippen LogP contribution in [0.4, 0.5) is 0 Å². The lowest BCUT2D eigenvalue weighted by Crippen LogP contribution is -2.10. The van der Waals surface area contributed by atoms with Gasteiger partial charge in [-0.05, 0) is 55.0 Å². The van der Waals surface area contributed by atoms with E-state index in [1.165, 1.54) is 16.6 Å². The SMILES string of the molecule is Cc1ccc(-c2nc3ccccc3n2CCCCOc2ccc(C(C)(C)C)cc2)cc1. The number of fused-ring (bicyclic) bond motifs is 1. The molecule has 4 rings (SSSR count). The van der Waals surface area contributed by atoms with E-state index in [4.69, 9.17) is 9.72 Å². The van der Waals surface area contributed by atoms with Crippen molar-refractivity contribution in [1.82, 2.24) is 9.55 Å². The number of para-hydroxylation sites is 2. The van der Waals surface area contributed by atoms with Gasteiger partial charge in [-0.2, -0.15) is 0 Å². The van der Waals surface area contributed by atoms with Gasteiger partial charge >= 0.3 is 0 Å². The second kappa shape index (κ2) is 8.97. The van der Waals surface area contributed by atoms with E-state index >= 15 is 0 Å². The van der Waals surface area contributed by atoms with Gasteiger partial charge in [-0.1, -0.05) is 74.9 Å². The van der Waals surface area contributed by atoms with Gasteiger partial charge in [0.1, 0.15) is 11.6 Å². The van der Waals surface area contributed by atoms with Crippen molar-refractivity contribution in [2.45, 2.75) is 52.5 Å². The number of benzene rings is 3. The summed E-state index contributed by atoms with van der Waals surface area (Å²) in [5, 5.41) is 0. The first-order valence-corrected chi connectivity index (χ1v) is 11.2. The normalized spacial score (nSPS) is 11.7. The molecule has 0 atom stereocenters. The molecule has 1 heterocycles. The second-order valence-electron chi connectivity index (χ2n) is 9.27. The minimum Gasteiger partial charge on any atom is -0.494 e. The summed E-state index contributed by atoms with van der Waals surface area (Å²) in [4.78, 5) is 4.92. The van der Waals surface area contributed by atoms with E-state index in [1.54, 1.807) is 0 Å². The molecule has 0 N–H and O–H groups in total. The molecule has 0 amide bonds. The Morgan fingerprint density at radius 1 is 0.839 bits per heavy atom. The fraction of sp³-hybridized carbons (Fsp3) is 0.321. The van der Waals surface area contributed by atoms with Crippen LogP contribution >= 0.6 is 0 Å². The van der Waals surface area contributed by atoms with Gasteiger partial charge in [-0.3, -0.25) is 0 Å². The zero-order chi connectivity index (χ0) is 21.8. The Morgan fingerprint density at radius 3 is 2.26 bits per heavy atom. The highest BCUT2D eigenvalue weighted by Crippen LogP contribution is 2.26. The molecule has 31 heavy (non-hydrogen) atoms. The lowest BCUT2D eigenvalue weighted by molar-refractivity contribution is 0.303. The average molecular weight is 413 g/mol. The highest BCUT2D eigenvalue weighted by Gasteiger charge is 2.13. The van der Waals surface area contributed by atoms with E-state index in [0.717, 1.165) is 48.6 Å². The molecule has 3 nitrogen and oxygen atoms in total. The van der Waals surface area contributed by atoms with Gasteiger partial charge in [0.15, 0.2) is 0 Å². The van der Waals surface area contributed by atoms with Gasteiger partial charge < -0.3 is 9.30 Å². The Balaban J connectivity index is 1.40. The molecule has 4 aromatic rings. The number of aryl methyl sites for hydroxylation is 2. The first-order valence-electron chi connectivity index (χ1n) is 11.2. The summed E-state index contributed by atoms with van der Waals surface area (Å²) >= 11 is 0. The van der Waals surface area contributed by atoms with Crippen LogP contribution in [0.3, 0.4) is 0 Å². The lowest BCUT2D eigenvalue weighted by Gasteiger charge is -2.19. The van der Waals surface area contributed by atoms with Crippen LogP contribution < -0.4 is 4.74 Å². The Kier molecular flexibility index (Phi) is 6.13. The molecule has 0 bridgehead atoms. The van der Waals surface area contributed by atoms with Crippen LogP contribution in [0, 0.1) is 6.92 Å². The van der Waals surface area contributed by atoms with Crippen molar-refractivity contribution in [3.8, 4) is 17.1 Å². The third-order valence-corrected chi connectivity index (χ3v) is 5.73. The summed E-state index contributed by atoms with van der Waals surface area (Å²) in [5.41, 5.74) is 6.16. The van der Waals surface area contributed by atoms with Crippen LogP contribution in [0.2, 0.25) is 0 Å². The minimum absolute atomic E-state index is 0.168. The average Bonchev–Trinajstić information content (AvgIpc) is 3.12. The first kappa shape index (κ1) is 21.2. The van der Waals surface area contributed by atoms with Crippen molar-refractivity contribution in [3.05, 3.63) is 83.9 Å². The quantitative estimate of drug-likeness (QED) is 0.301. The molecule has 0 unspecified atom stereocenters. The summed E-state index contributed by atoms with van der Waals surface area (Å²) in [5.74, 6) is 1.99. The predicted octanol–water partition coefficient (Wildman–Crippen LogP) is 7.17. The summed E-state index contributed by atoms with van der Waals surface area (Å²) in [6, 6.07) is 25.5. The maximum Gasteiger partial charge on any atom is 0.141 e. The van der Waals surface area contributed by atoms with Gasteiger partial charge in [-0.25, -0.2) is 4.98 Å². The smallest absolute Gasteiger partial charge is 0.141 e. The largest absolute Gasteiger partial charge is 0.494 e. The van der Waals surface area contributed by atoms with Gasteiger partial charge in [0.2, 0.25) is 0 Å². The molecule has 0 aliphatic carbocycles. The standard InChI is InChI=1S/C28H32N2O/c1-21-11-13-22(14-12-21)27-29-25-9-5-6-10-26(25)30(27)19-7-8-20-31-24-17-15-23(16-18-24)28(2,3)4/h5-6,9-18H,7-8,19-20H2,1-4H3. The van der Waals surface area contributed by atoms with Crippen LogP contribution in [0.1, 0.15) is 44.7 Å². The van der Waals surface area contributed by atoms with E-state index in [9.17, 15) is 0 Å². The number of aromatic nitrogens is 2. The van der Waals surface area contributed by atoms with Gasteiger partial charge in [-0.15, -0.1) is 0 Å². The van der Waals surface area contributed by atoms with E-state index in [0.29, 0.717) is 0 Å². The van der Waals surface area contributed by atoms with E-state index in [1.807, 2.05) is 0 Å². The molecule has 0 spiro atoms. The van der Waals surface area contributed by atoms with E-state index in [-0.39, 0.29) is 5.41 Å². The molecule has 0 aliphatic rings. The summed E-state index contributed by atoms with van der Waals surface area (Å²) < 4.78 is 8.33. The summed E-state index contributed by atoms with van der Waals surface area (Å²) in [6.45, 7) is 10.5. The third-order valence-electron chi connectivity index (χ3n) is 5.73. The number of imidazole rings is 1. The second-order valence-corrected chi connectivity index (χ2v) is 9.27. The highest BCUT2D eigenvalue weighted by atomic mass is 16.5. The van der Waals surface area contributed by atoms with Crippen LogP contribution in [0.25, 0.3) is 22.4 Å².